The molecule has 1 amide bonds. The summed E-state index contributed by atoms with van der Waals surface area (Å²) in [5, 5.41) is 3.46. The second-order valence-electron chi connectivity index (χ2n) is 5.04. The van der Waals surface area contributed by atoms with Gasteiger partial charge in [-0.3, -0.25) is 4.79 Å². The van der Waals surface area contributed by atoms with Crippen molar-refractivity contribution in [2.24, 2.45) is 0 Å². The third-order valence-corrected chi connectivity index (χ3v) is 4.23. The Morgan fingerprint density at radius 1 is 1.27 bits per heavy atom. The molecule has 0 radical (unpaired) electrons. The SMILES string of the molecule is COc1cccc2sc(NC(=O)Cc3cccc(C)c3)nc12. The number of rotatable bonds is 4. The Morgan fingerprint density at radius 2 is 2.09 bits per heavy atom. The molecule has 5 heteroatoms. The molecule has 3 aromatic rings. The lowest BCUT2D eigenvalue weighted by molar-refractivity contribution is -0.115. The fraction of sp³-hybridized carbons (Fsp3) is 0.176. The molecule has 0 saturated heterocycles. The minimum atomic E-state index is -0.0661. The number of aryl methyl sites for hydroxylation is 1. The van der Waals surface area contributed by atoms with Gasteiger partial charge >= 0.3 is 0 Å². The van der Waals surface area contributed by atoms with Crippen molar-refractivity contribution in [3.05, 3.63) is 53.6 Å². The van der Waals surface area contributed by atoms with Gasteiger partial charge in [-0.1, -0.05) is 47.2 Å². The molecule has 0 bridgehead atoms. The van der Waals surface area contributed by atoms with E-state index in [4.69, 9.17) is 4.74 Å². The lowest BCUT2D eigenvalue weighted by Crippen LogP contribution is -2.14. The van der Waals surface area contributed by atoms with Crippen LogP contribution in [0.2, 0.25) is 0 Å². The molecule has 3 rings (SSSR count). The van der Waals surface area contributed by atoms with Crippen molar-refractivity contribution in [1.29, 1.82) is 0 Å². The topological polar surface area (TPSA) is 51.2 Å². The third-order valence-electron chi connectivity index (χ3n) is 3.30. The molecule has 1 heterocycles. The van der Waals surface area contributed by atoms with E-state index in [0.29, 0.717) is 17.3 Å². The highest BCUT2D eigenvalue weighted by Gasteiger charge is 2.11. The van der Waals surface area contributed by atoms with E-state index >= 15 is 0 Å². The summed E-state index contributed by atoms with van der Waals surface area (Å²) in [4.78, 5) is 16.6. The van der Waals surface area contributed by atoms with Crippen LogP contribution in [0, 0.1) is 6.92 Å². The fourth-order valence-electron chi connectivity index (χ4n) is 2.31. The van der Waals surface area contributed by atoms with Crippen LogP contribution >= 0.6 is 11.3 Å². The predicted molar refractivity (Wildman–Crippen MR) is 89.7 cm³/mol. The van der Waals surface area contributed by atoms with Crippen molar-refractivity contribution in [2.45, 2.75) is 13.3 Å². The summed E-state index contributed by atoms with van der Waals surface area (Å²) >= 11 is 1.45. The van der Waals surface area contributed by atoms with Gasteiger partial charge in [0.05, 0.1) is 18.2 Å². The van der Waals surface area contributed by atoms with Crippen LogP contribution in [0.3, 0.4) is 0 Å². The highest BCUT2D eigenvalue weighted by atomic mass is 32.1. The minimum absolute atomic E-state index is 0.0661. The summed E-state index contributed by atoms with van der Waals surface area (Å²) in [6.45, 7) is 2.02. The second kappa shape index (κ2) is 6.15. The van der Waals surface area contributed by atoms with Crippen LogP contribution in [0.4, 0.5) is 5.13 Å². The van der Waals surface area contributed by atoms with Gasteiger partial charge in [0, 0.05) is 0 Å². The monoisotopic (exact) mass is 312 g/mol. The number of anilines is 1. The van der Waals surface area contributed by atoms with Gasteiger partial charge in [0.15, 0.2) is 5.13 Å². The maximum atomic E-state index is 12.1. The molecule has 22 heavy (non-hydrogen) atoms. The van der Waals surface area contributed by atoms with E-state index in [1.807, 2.05) is 49.4 Å². The van der Waals surface area contributed by atoms with Crippen LogP contribution < -0.4 is 10.1 Å². The van der Waals surface area contributed by atoms with Crippen LogP contribution in [0.15, 0.2) is 42.5 Å². The van der Waals surface area contributed by atoms with Crippen molar-refractivity contribution in [3.63, 3.8) is 0 Å². The molecule has 0 unspecified atom stereocenters. The first kappa shape index (κ1) is 14.5. The quantitative estimate of drug-likeness (QED) is 0.797. The molecule has 0 spiro atoms. The van der Waals surface area contributed by atoms with Crippen molar-refractivity contribution >= 4 is 32.6 Å². The lowest BCUT2D eigenvalue weighted by Gasteiger charge is -2.03. The molecule has 2 aromatic carbocycles. The van der Waals surface area contributed by atoms with E-state index in [1.54, 1.807) is 7.11 Å². The number of nitrogens with one attached hydrogen (secondary N) is 1. The molecule has 1 N–H and O–H groups in total. The first-order valence-electron chi connectivity index (χ1n) is 6.94. The van der Waals surface area contributed by atoms with Crippen molar-refractivity contribution in [3.8, 4) is 5.75 Å². The Labute approximate surface area is 132 Å². The number of carbonyl (C=O) groups excluding carboxylic acids is 1. The van der Waals surface area contributed by atoms with Gasteiger partial charge in [-0.05, 0) is 24.6 Å². The van der Waals surface area contributed by atoms with Crippen molar-refractivity contribution in [1.82, 2.24) is 4.98 Å². The highest BCUT2D eigenvalue weighted by Crippen LogP contribution is 2.32. The number of para-hydroxylation sites is 1. The van der Waals surface area contributed by atoms with Crippen LogP contribution in [0.5, 0.6) is 5.75 Å². The van der Waals surface area contributed by atoms with E-state index in [9.17, 15) is 4.79 Å². The zero-order valence-electron chi connectivity index (χ0n) is 12.4. The summed E-state index contributed by atoms with van der Waals surface area (Å²) in [6, 6.07) is 13.7. The molecule has 1 aromatic heterocycles. The summed E-state index contributed by atoms with van der Waals surface area (Å²) in [5.74, 6) is 0.650. The first-order valence-corrected chi connectivity index (χ1v) is 7.76. The molecular formula is C17H16N2O2S. The number of hydrogen-bond acceptors (Lipinski definition) is 4. The number of hydrogen-bond donors (Lipinski definition) is 1. The Balaban J connectivity index is 1.76. The van der Waals surface area contributed by atoms with Gasteiger partial charge < -0.3 is 10.1 Å². The van der Waals surface area contributed by atoms with Gasteiger partial charge in [-0.25, -0.2) is 4.98 Å². The Bertz CT molecular complexity index is 826. The number of nitrogens with zero attached hydrogens (tertiary/aromatic N) is 1. The van der Waals surface area contributed by atoms with E-state index in [1.165, 1.54) is 11.3 Å². The number of methoxy groups -OCH3 is 1. The van der Waals surface area contributed by atoms with E-state index in [0.717, 1.165) is 21.3 Å². The normalized spacial score (nSPS) is 10.6. The number of fused-ring (bicyclic) bond motifs is 1. The Kier molecular flexibility index (Phi) is 4.06. The fourth-order valence-corrected chi connectivity index (χ4v) is 3.21. The minimum Gasteiger partial charge on any atom is -0.494 e. The molecule has 0 atom stereocenters. The van der Waals surface area contributed by atoms with Crippen LogP contribution in [-0.4, -0.2) is 18.0 Å². The standard InChI is InChI=1S/C17H16N2O2S/c1-11-5-3-6-12(9-11)10-15(20)18-17-19-16-13(21-2)7-4-8-14(16)22-17/h3-9H,10H2,1-2H3,(H,18,19,20). The number of thiazole rings is 1. The number of amides is 1. The van der Waals surface area contributed by atoms with Crippen LogP contribution in [0.1, 0.15) is 11.1 Å². The zero-order chi connectivity index (χ0) is 15.5. The average Bonchev–Trinajstić information content (AvgIpc) is 2.89. The van der Waals surface area contributed by atoms with Gasteiger partial charge in [-0.15, -0.1) is 0 Å². The summed E-state index contributed by atoms with van der Waals surface area (Å²) in [5.41, 5.74) is 2.92. The maximum absolute atomic E-state index is 12.1. The van der Waals surface area contributed by atoms with Crippen molar-refractivity contribution in [2.75, 3.05) is 12.4 Å². The molecule has 0 saturated carbocycles. The molecule has 4 nitrogen and oxygen atoms in total. The Morgan fingerprint density at radius 3 is 2.86 bits per heavy atom. The number of aromatic nitrogens is 1. The molecule has 0 aliphatic carbocycles. The highest BCUT2D eigenvalue weighted by molar-refractivity contribution is 7.22. The zero-order valence-corrected chi connectivity index (χ0v) is 13.2. The summed E-state index contributed by atoms with van der Waals surface area (Å²) < 4.78 is 6.28. The van der Waals surface area contributed by atoms with E-state index < -0.39 is 0 Å². The smallest absolute Gasteiger partial charge is 0.230 e. The molecule has 0 fully saturated rings. The predicted octanol–water partition coefficient (Wildman–Crippen LogP) is 3.79. The number of benzene rings is 2. The van der Waals surface area contributed by atoms with Gasteiger partial charge in [0.2, 0.25) is 5.91 Å². The average molecular weight is 312 g/mol. The van der Waals surface area contributed by atoms with E-state index in [-0.39, 0.29) is 5.91 Å². The number of carbonyl (C=O) groups is 1. The Hall–Kier alpha value is -2.40. The maximum Gasteiger partial charge on any atom is 0.230 e. The lowest BCUT2D eigenvalue weighted by atomic mass is 10.1. The first-order chi connectivity index (χ1) is 10.7. The molecular weight excluding hydrogens is 296 g/mol. The van der Waals surface area contributed by atoms with Crippen molar-refractivity contribution < 1.29 is 9.53 Å². The largest absolute Gasteiger partial charge is 0.494 e. The van der Waals surface area contributed by atoms with Gasteiger partial charge in [0.1, 0.15) is 11.3 Å². The summed E-state index contributed by atoms with van der Waals surface area (Å²) in [7, 11) is 1.62. The third kappa shape index (κ3) is 3.09. The number of ether oxygens (including phenoxy) is 1. The summed E-state index contributed by atoms with van der Waals surface area (Å²) in [6.07, 6.45) is 0.342. The van der Waals surface area contributed by atoms with Crippen LogP contribution in [0.25, 0.3) is 10.2 Å². The van der Waals surface area contributed by atoms with Gasteiger partial charge in [0.25, 0.3) is 0 Å². The molecule has 0 aliphatic heterocycles. The molecule has 0 aliphatic rings. The van der Waals surface area contributed by atoms with Crippen LogP contribution in [-0.2, 0) is 11.2 Å². The van der Waals surface area contributed by atoms with E-state index in [2.05, 4.69) is 10.3 Å². The second-order valence-corrected chi connectivity index (χ2v) is 6.07. The van der Waals surface area contributed by atoms with Gasteiger partial charge in [-0.2, -0.15) is 0 Å². The molecule has 112 valence electrons.